The van der Waals surface area contributed by atoms with Gasteiger partial charge >= 0.3 is 5.97 Å². The summed E-state index contributed by atoms with van der Waals surface area (Å²) < 4.78 is 10.3. The number of ether oxygens (including phenoxy) is 1. The number of aromatic nitrogens is 3. The maximum absolute atomic E-state index is 11.9. The number of carbonyl (C=O) groups excluding carboxylic acids is 1. The van der Waals surface area contributed by atoms with E-state index in [0.717, 1.165) is 5.76 Å². The fourth-order valence-corrected chi connectivity index (χ4v) is 2.34. The molecule has 0 spiro atoms. The molecular formula is C16H13N5O3. The fraction of sp³-hybridized carbons (Fsp3) is 0.125. The molecule has 0 saturated carbocycles. The van der Waals surface area contributed by atoms with E-state index >= 15 is 0 Å². The number of carbonyl (C=O) groups is 1. The standard InChI is InChI=1S/C16H13N5O3/c1-8-3-4-13(24-8)12-5-9(10(6-17)15(18)20-12)11-7-19-21-14(11)16(22)23-2/h3-5,7H,1-2H3,(H2,18,20)(H,19,21). The number of H-pyrrole nitrogens is 1. The van der Waals surface area contributed by atoms with Crippen LogP contribution in [0, 0.1) is 18.3 Å². The molecule has 3 heterocycles. The third kappa shape index (κ3) is 2.48. The Morgan fingerprint density at radius 2 is 2.21 bits per heavy atom. The van der Waals surface area contributed by atoms with Crippen molar-refractivity contribution in [3.8, 4) is 28.7 Å². The van der Waals surface area contributed by atoms with Gasteiger partial charge < -0.3 is 14.9 Å². The largest absolute Gasteiger partial charge is 0.464 e. The van der Waals surface area contributed by atoms with Crippen molar-refractivity contribution in [1.29, 1.82) is 5.26 Å². The fourth-order valence-electron chi connectivity index (χ4n) is 2.34. The molecule has 3 aromatic rings. The van der Waals surface area contributed by atoms with E-state index in [-0.39, 0.29) is 17.1 Å². The lowest BCUT2D eigenvalue weighted by atomic mass is 10.00. The van der Waals surface area contributed by atoms with Crippen molar-refractivity contribution in [3.63, 3.8) is 0 Å². The summed E-state index contributed by atoms with van der Waals surface area (Å²) in [5.74, 6) is 0.663. The zero-order valence-electron chi connectivity index (χ0n) is 13.0. The van der Waals surface area contributed by atoms with Gasteiger partial charge in [0.15, 0.2) is 11.5 Å². The number of aromatic amines is 1. The molecule has 3 rings (SSSR count). The van der Waals surface area contributed by atoms with E-state index in [1.165, 1.54) is 13.3 Å². The number of nitrogens with one attached hydrogen (secondary N) is 1. The highest BCUT2D eigenvalue weighted by Crippen LogP contribution is 2.33. The van der Waals surface area contributed by atoms with Gasteiger partial charge in [-0.15, -0.1) is 0 Å². The van der Waals surface area contributed by atoms with E-state index < -0.39 is 5.97 Å². The number of methoxy groups -OCH3 is 1. The second-order valence-electron chi connectivity index (χ2n) is 4.99. The van der Waals surface area contributed by atoms with Gasteiger partial charge in [-0.05, 0) is 25.1 Å². The minimum absolute atomic E-state index is 0.0380. The lowest BCUT2D eigenvalue weighted by Gasteiger charge is -2.08. The zero-order valence-corrected chi connectivity index (χ0v) is 13.0. The molecule has 0 aliphatic rings. The van der Waals surface area contributed by atoms with E-state index in [9.17, 15) is 10.1 Å². The smallest absolute Gasteiger partial charge is 0.356 e. The summed E-state index contributed by atoms with van der Waals surface area (Å²) in [6.07, 6.45) is 1.43. The average Bonchev–Trinajstić information content (AvgIpc) is 3.22. The maximum Gasteiger partial charge on any atom is 0.356 e. The summed E-state index contributed by atoms with van der Waals surface area (Å²) >= 11 is 0. The second kappa shape index (κ2) is 5.89. The highest BCUT2D eigenvalue weighted by atomic mass is 16.5. The van der Waals surface area contributed by atoms with Crippen LogP contribution in [0.1, 0.15) is 21.8 Å². The molecule has 3 aromatic heterocycles. The Labute approximate surface area is 136 Å². The van der Waals surface area contributed by atoms with Crippen LogP contribution in [-0.4, -0.2) is 28.3 Å². The van der Waals surface area contributed by atoms with Crippen LogP contribution in [0.4, 0.5) is 5.82 Å². The molecule has 0 aliphatic carbocycles. The monoisotopic (exact) mass is 323 g/mol. The van der Waals surface area contributed by atoms with Crippen LogP contribution in [-0.2, 0) is 4.74 Å². The molecule has 0 atom stereocenters. The number of nitriles is 1. The van der Waals surface area contributed by atoms with Gasteiger partial charge in [0, 0.05) is 11.1 Å². The minimum atomic E-state index is -0.600. The van der Waals surface area contributed by atoms with Gasteiger partial charge in [0.1, 0.15) is 28.9 Å². The SMILES string of the molecule is COC(=O)c1[nH]ncc1-c1cc(-c2ccc(C)o2)nc(N)c1C#N. The second-order valence-corrected chi connectivity index (χ2v) is 4.99. The Balaban J connectivity index is 2.24. The molecular weight excluding hydrogens is 310 g/mol. The van der Waals surface area contributed by atoms with Crippen molar-refractivity contribution in [3.05, 3.63) is 41.4 Å². The zero-order chi connectivity index (χ0) is 17.3. The van der Waals surface area contributed by atoms with Gasteiger partial charge in [-0.1, -0.05) is 0 Å². The normalized spacial score (nSPS) is 10.4. The number of hydrogen-bond donors (Lipinski definition) is 2. The first kappa shape index (κ1) is 15.3. The van der Waals surface area contributed by atoms with Crippen LogP contribution in [0.15, 0.2) is 28.8 Å². The van der Waals surface area contributed by atoms with E-state index in [2.05, 4.69) is 15.2 Å². The summed E-state index contributed by atoms with van der Waals surface area (Å²) in [7, 11) is 1.26. The summed E-state index contributed by atoms with van der Waals surface area (Å²) in [6, 6.07) is 7.19. The number of esters is 1. The van der Waals surface area contributed by atoms with Gasteiger partial charge in [-0.25, -0.2) is 9.78 Å². The molecule has 3 N–H and O–H groups in total. The maximum atomic E-state index is 11.9. The Morgan fingerprint density at radius 1 is 1.42 bits per heavy atom. The predicted octanol–water partition coefficient (Wildman–Crippen LogP) is 2.28. The van der Waals surface area contributed by atoms with Crippen molar-refractivity contribution in [1.82, 2.24) is 15.2 Å². The van der Waals surface area contributed by atoms with Crippen molar-refractivity contribution >= 4 is 11.8 Å². The number of nitrogens with two attached hydrogens (primary N) is 1. The van der Waals surface area contributed by atoms with Crippen molar-refractivity contribution in [2.24, 2.45) is 0 Å². The first-order valence-corrected chi connectivity index (χ1v) is 6.94. The molecule has 8 heteroatoms. The van der Waals surface area contributed by atoms with Gasteiger partial charge in [-0.2, -0.15) is 10.4 Å². The number of aryl methyl sites for hydroxylation is 1. The number of nitrogen functional groups attached to an aromatic ring is 1. The van der Waals surface area contributed by atoms with Crippen LogP contribution in [0.3, 0.4) is 0 Å². The summed E-state index contributed by atoms with van der Waals surface area (Å²) in [6.45, 7) is 1.81. The molecule has 0 radical (unpaired) electrons. The van der Waals surface area contributed by atoms with E-state index in [4.69, 9.17) is 14.9 Å². The highest BCUT2D eigenvalue weighted by molar-refractivity contribution is 5.96. The summed E-state index contributed by atoms with van der Waals surface area (Å²) in [4.78, 5) is 16.1. The number of anilines is 1. The van der Waals surface area contributed by atoms with Gasteiger partial charge in [0.05, 0.1) is 13.3 Å². The van der Waals surface area contributed by atoms with E-state index in [1.807, 2.05) is 13.0 Å². The van der Waals surface area contributed by atoms with Gasteiger partial charge in [0.2, 0.25) is 0 Å². The first-order chi connectivity index (χ1) is 11.5. The third-order valence-electron chi connectivity index (χ3n) is 3.47. The molecule has 120 valence electrons. The van der Waals surface area contributed by atoms with Crippen LogP contribution in [0.2, 0.25) is 0 Å². The number of hydrogen-bond acceptors (Lipinski definition) is 7. The topological polar surface area (TPSA) is 131 Å². The van der Waals surface area contributed by atoms with Crippen LogP contribution in [0.25, 0.3) is 22.6 Å². The minimum Gasteiger partial charge on any atom is -0.464 e. The average molecular weight is 323 g/mol. The molecule has 0 aliphatic heterocycles. The van der Waals surface area contributed by atoms with Crippen LogP contribution >= 0.6 is 0 Å². The van der Waals surface area contributed by atoms with E-state index in [0.29, 0.717) is 22.6 Å². The van der Waals surface area contributed by atoms with Crippen molar-refractivity contribution < 1.29 is 13.9 Å². The number of rotatable bonds is 3. The first-order valence-electron chi connectivity index (χ1n) is 6.94. The predicted molar refractivity (Wildman–Crippen MR) is 84.7 cm³/mol. The van der Waals surface area contributed by atoms with Crippen molar-refractivity contribution in [2.45, 2.75) is 6.92 Å². The lowest BCUT2D eigenvalue weighted by molar-refractivity contribution is 0.0595. The Kier molecular flexibility index (Phi) is 3.75. The van der Waals surface area contributed by atoms with Gasteiger partial charge in [-0.3, -0.25) is 5.10 Å². The molecule has 0 aromatic carbocycles. The Hall–Kier alpha value is -3.60. The number of pyridine rings is 1. The molecule has 8 nitrogen and oxygen atoms in total. The van der Waals surface area contributed by atoms with Gasteiger partial charge in [0.25, 0.3) is 0 Å². The van der Waals surface area contributed by atoms with Crippen LogP contribution < -0.4 is 5.73 Å². The molecule has 0 unspecified atom stereocenters. The number of nitrogens with zero attached hydrogens (tertiary/aromatic N) is 3. The molecule has 24 heavy (non-hydrogen) atoms. The summed E-state index contributed by atoms with van der Waals surface area (Å²) in [5.41, 5.74) is 7.46. The Bertz CT molecular complexity index is 964. The molecule has 0 bridgehead atoms. The molecule has 0 amide bonds. The number of furan rings is 1. The molecule has 0 saturated heterocycles. The van der Waals surface area contributed by atoms with E-state index in [1.54, 1.807) is 18.2 Å². The lowest BCUT2D eigenvalue weighted by Crippen LogP contribution is -2.05. The third-order valence-corrected chi connectivity index (χ3v) is 3.47. The Morgan fingerprint density at radius 3 is 2.83 bits per heavy atom. The highest BCUT2D eigenvalue weighted by Gasteiger charge is 2.21. The molecule has 0 fully saturated rings. The van der Waals surface area contributed by atoms with Crippen LogP contribution in [0.5, 0.6) is 0 Å². The van der Waals surface area contributed by atoms with Crippen molar-refractivity contribution in [2.75, 3.05) is 12.8 Å². The summed E-state index contributed by atoms with van der Waals surface area (Å²) in [5, 5.41) is 15.8. The quantitative estimate of drug-likeness (QED) is 0.707.